The highest BCUT2D eigenvalue weighted by atomic mass is 15.1. The molecule has 0 amide bonds. The molecule has 0 bridgehead atoms. The van der Waals surface area contributed by atoms with Crippen LogP contribution >= 0.6 is 0 Å². The van der Waals surface area contributed by atoms with Crippen molar-refractivity contribution in [1.29, 1.82) is 5.26 Å². The quantitative estimate of drug-likeness (QED) is 0.866. The van der Waals surface area contributed by atoms with E-state index in [1.54, 1.807) is 0 Å². The lowest BCUT2D eigenvalue weighted by atomic mass is 10.1. The normalized spacial score (nSPS) is 15.7. The molecule has 0 aliphatic carbocycles. The Bertz CT molecular complexity index is 408. The van der Waals surface area contributed by atoms with Gasteiger partial charge in [0, 0.05) is 24.5 Å². The number of hydrogen-bond donors (Lipinski definition) is 1. The molecular weight excluding hydrogens is 210 g/mol. The van der Waals surface area contributed by atoms with Crippen molar-refractivity contribution in [3.05, 3.63) is 24.3 Å². The van der Waals surface area contributed by atoms with Crippen molar-refractivity contribution in [3.63, 3.8) is 0 Å². The minimum atomic E-state index is -0.519. The maximum absolute atomic E-state index is 8.96. The fourth-order valence-electron chi connectivity index (χ4n) is 2.12. The van der Waals surface area contributed by atoms with E-state index in [0.717, 1.165) is 18.8 Å². The molecule has 17 heavy (non-hydrogen) atoms. The van der Waals surface area contributed by atoms with Crippen molar-refractivity contribution in [2.24, 2.45) is 0 Å². The van der Waals surface area contributed by atoms with Crippen molar-refractivity contribution in [3.8, 4) is 6.07 Å². The Labute approximate surface area is 103 Å². The molecule has 1 heterocycles. The zero-order valence-electron chi connectivity index (χ0n) is 10.5. The second kappa shape index (κ2) is 4.67. The third-order valence-corrected chi connectivity index (χ3v) is 3.07. The number of anilines is 2. The minimum absolute atomic E-state index is 0.519. The number of nitrogens with one attached hydrogen (secondary N) is 1. The summed E-state index contributed by atoms with van der Waals surface area (Å²) in [7, 11) is 0. The standard InChI is InChI=1S/C14H19N3/c1-14(2,11-15)16-12-5-7-13(8-6-12)17-9-3-4-10-17/h5-8,16H,3-4,9-10H2,1-2H3. The highest BCUT2D eigenvalue weighted by Gasteiger charge is 2.16. The number of rotatable bonds is 3. The Morgan fingerprint density at radius 1 is 1.18 bits per heavy atom. The summed E-state index contributed by atoms with van der Waals surface area (Å²) in [6, 6.07) is 10.6. The number of hydrogen-bond acceptors (Lipinski definition) is 3. The Hall–Kier alpha value is -1.69. The summed E-state index contributed by atoms with van der Waals surface area (Å²) >= 11 is 0. The van der Waals surface area contributed by atoms with Crippen LogP contribution < -0.4 is 10.2 Å². The van der Waals surface area contributed by atoms with Crippen LogP contribution in [-0.4, -0.2) is 18.6 Å². The first-order chi connectivity index (χ1) is 8.11. The van der Waals surface area contributed by atoms with Gasteiger partial charge in [0.2, 0.25) is 0 Å². The van der Waals surface area contributed by atoms with E-state index < -0.39 is 5.54 Å². The van der Waals surface area contributed by atoms with Gasteiger partial charge in [0.1, 0.15) is 5.54 Å². The Morgan fingerprint density at radius 3 is 2.29 bits per heavy atom. The number of benzene rings is 1. The van der Waals surface area contributed by atoms with E-state index in [4.69, 9.17) is 5.26 Å². The summed E-state index contributed by atoms with van der Waals surface area (Å²) in [5, 5.41) is 12.2. The largest absolute Gasteiger partial charge is 0.372 e. The van der Waals surface area contributed by atoms with Gasteiger partial charge in [-0.2, -0.15) is 5.26 Å². The van der Waals surface area contributed by atoms with E-state index in [0.29, 0.717) is 0 Å². The molecule has 0 radical (unpaired) electrons. The van der Waals surface area contributed by atoms with Crippen LogP contribution in [0.1, 0.15) is 26.7 Å². The van der Waals surface area contributed by atoms with Gasteiger partial charge in [-0.1, -0.05) is 0 Å². The molecule has 3 nitrogen and oxygen atoms in total. The van der Waals surface area contributed by atoms with Gasteiger partial charge < -0.3 is 10.2 Å². The van der Waals surface area contributed by atoms with Gasteiger partial charge in [-0.3, -0.25) is 0 Å². The SMILES string of the molecule is CC(C)(C#N)Nc1ccc(N2CCCC2)cc1. The molecule has 2 rings (SSSR count). The molecule has 0 saturated carbocycles. The first-order valence-corrected chi connectivity index (χ1v) is 6.15. The van der Waals surface area contributed by atoms with E-state index >= 15 is 0 Å². The van der Waals surface area contributed by atoms with Crippen LogP contribution in [0.3, 0.4) is 0 Å². The topological polar surface area (TPSA) is 39.1 Å². The lowest BCUT2D eigenvalue weighted by molar-refractivity contribution is 0.729. The highest BCUT2D eigenvalue weighted by molar-refractivity contribution is 5.56. The average molecular weight is 229 g/mol. The summed E-state index contributed by atoms with van der Waals surface area (Å²) in [4.78, 5) is 2.40. The van der Waals surface area contributed by atoms with Crippen LogP contribution in [0.15, 0.2) is 24.3 Å². The Kier molecular flexibility index (Phi) is 3.23. The minimum Gasteiger partial charge on any atom is -0.372 e. The molecule has 1 aliphatic rings. The maximum atomic E-state index is 8.96. The fraction of sp³-hybridized carbons (Fsp3) is 0.500. The van der Waals surface area contributed by atoms with Crippen LogP contribution in [0.25, 0.3) is 0 Å². The summed E-state index contributed by atoms with van der Waals surface area (Å²) in [5.74, 6) is 0. The summed E-state index contributed by atoms with van der Waals surface area (Å²) < 4.78 is 0. The summed E-state index contributed by atoms with van der Waals surface area (Å²) in [6.45, 7) is 6.08. The fourth-order valence-corrected chi connectivity index (χ4v) is 2.12. The van der Waals surface area contributed by atoms with Crippen LogP contribution in [0.5, 0.6) is 0 Å². The number of nitrogens with zero attached hydrogens (tertiary/aromatic N) is 2. The third-order valence-electron chi connectivity index (χ3n) is 3.07. The summed E-state index contributed by atoms with van der Waals surface area (Å²) in [6.07, 6.45) is 2.59. The first-order valence-electron chi connectivity index (χ1n) is 6.15. The number of nitriles is 1. The van der Waals surface area contributed by atoms with Crippen molar-refractivity contribution < 1.29 is 0 Å². The molecule has 1 saturated heterocycles. The molecule has 0 spiro atoms. The molecule has 0 unspecified atom stereocenters. The smallest absolute Gasteiger partial charge is 0.119 e. The van der Waals surface area contributed by atoms with Gasteiger partial charge in [0.15, 0.2) is 0 Å². The highest BCUT2D eigenvalue weighted by Crippen LogP contribution is 2.23. The lowest BCUT2D eigenvalue weighted by Crippen LogP contribution is -2.28. The van der Waals surface area contributed by atoms with Gasteiger partial charge in [-0.05, 0) is 51.0 Å². The van der Waals surface area contributed by atoms with Crippen molar-refractivity contribution in [2.75, 3.05) is 23.3 Å². The Balaban J connectivity index is 2.05. The lowest BCUT2D eigenvalue weighted by Gasteiger charge is -2.21. The molecule has 0 atom stereocenters. The van der Waals surface area contributed by atoms with E-state index in [-0.39, 0.29) is 0 Å². The summed E-state index contributed by atoms with van der Waals surface area (Å²) in [5.41, 5.74) is 1.76. The molecule has 1 aromatic rings. The average Bonchev–Trinajstić information content (AvgIpc) is 2.83. The molecule has 1 aromatic carbocycles. The van der Waals surface area contributed by atoms with Crippen molar-refractivity contribution >= 4 is 11.4 Å². The molecule has 1 N–H and O–H groups in total. The molecule has 1 fully saturated rings. The van der Waals surface area contributed by atoms with Crippen molar-refractivity contribution in [2.45, 2.75) is 32.2 Å². The third kappa shape index (κ3) is 2.91. The predicted molar refractivity (Wildman–Crippen MR) is 71.2 cm³/mol. The monoisotopic (exact) mass is 229 g/mol. The molecule has 90 valence electrons. The van der Waals surface area contributed by atoms with Gasteiger partial charge >= 0.3 is 0 Å². The first kappa shape index (κ1) is 11.8. The second-order valence-electron chi connectivity index (χ2n) is 5.10. The maximum Gasteiger partial charge on any atom is 0.119 e. The van der Waals surface area contributed by atoms with Crippen molar-refractivity contribution in [1.82, 2.24) is 0 Å². The van der Waals surface area contributed by atoms with Gasteiger partial charge in [0.25, 0.3) is 0 Å². The van der Waals surface area contributed by atoms with Gasteiger partial charge in [-0.15, -0.1) is 0 Å². The van der Waals surface area contributed by atoms with E-state index in [2.05, 4.69) is 28.4 Å². The molecule has 3 heteroatoms. The van der Waals surface area contributed by atoms with Crippen LogP contribution in [0.4, 0.5) is 11.4 Å². The zero-order valence-corrected chi connectivity index (χ0v) is 10.5. The van der Waals surface area contributed by atoms with Gasteiger partial charge in [-0.25, -0.2) is 0 Å². The van der Waals surface area contributed by atoms with E-state index in [1.165, 1.54) is 18.5 Å². The van der Waals surface area contributed by atoms with E-state index in [9.17, 15) is 0 Å². The molecule has 1 aliphatic heterocycles. The zero-order chi connectivity index (χ0) is 12.3. The van der Waals surface area contributed by atoms with Crippen LogP contribution in [0.2, 0.25) is 0 Å². The molecular formula is C14H19N3. The molecule has 0 aromatic heterocycles. The predicted octanol–water partition coefficient (Wildman–Crippen LogP) is 3.00. The second-order valence-corrected chi connectivity index (χ2v) is 5.10. The van der Waals surface area contributed by atoms with Gasteiger partial charge in [0.05, 0.1) is 6.07 Å². The Morgan fingerprint density at radius 2 is 1.76 bits per heavy atom. The van der Waals surface area contributed by atoms with Crippen LogP contribution in [0, 0.1) is 11.3 Å². The van der Waals surface area contributed by atoms with E-state index in [1.807, 2.05) is 26.0 Å². The van der Waals surface area contributed by atoms with Crippen LogP contribution in [-0.2, 0) is 0 Å².